The number of ketones is 2. The molecule has 0 amide bonds. The van der Waals surface area contributed by atoms with Gasteiger partial charge in [0.25, 0.3) is 0 Å². The molecule has 2 nitrogen and oxygen atoms in total. The lowest BCUT2D eigenvalue weighted by atomic mass is 9.79. The highest BCUT2D eigenvalue weighted by molar-refractivity contribution is 6.49. The van der Waals surface area contributed by atoms with Crippen LogP contribution in [0.2, 0.25) is 0 Å². The highest BCUT2D eigenvalue weighted by atomic mass is 35.5. The second kappa shape index (κ2) is 3.93. The highest BCUT2D eigenvalue weighted by Crippen LogP contribution is 2.34. The van der Waals surface area contributed by atoms with E-state index >= 15 is 0 Å². The van der Waals surface area contributed by atoms with Crippen molar-refractivity contribution in [1.29, 1.82) is 0 Å². The summed E-state index contributed by atoms with van der Waals surface area (Å²) in [5.74, 6) is -0.340. The summed E-state index contributed by atoms with van der Waals surface area (Å²) in [6.45, 7) is 7.50. The van der Waals surface area contributed by atoms with E-state index < -0.39 is 0 Å². The molecule has 0 atom stereocenters. The molecule has 0 aromatic carbocycles. The lowest BCUT2D eigenvalue weighted by Crippen LogP contribution is -2.24. The molecule has 3 heteroatoms. The van der Waals surface area contributed by atoms with Gasteiger partial charge in [-0.3, -0.25) is 9.59 Å². The van der Waals surface area contributed by atoms with Crippen molar-refractivity contribution in [2.24, 2.45) is 5.41 Å². The average molecular weight is 227 g/mol. The fourth-order valence-corrected chi connectivity index (χ4v) is 1.86. The molecular weight excluding hydrogens is 212 g/mol. The van der Waals surface area contributed by atoms with Crippen LogP contribution in [0.25, 0.3) is 0 Å². The van der Waals surface area contributed by atoms with Crippen LogP contribution >= 0.6 is 11.6 Å². The van der Waals surface area contributed by atoms with Crippen LogP contribution in [0.3, 0.4) is 0 Å². The SMILES string of the molecule is CCC1=C(Cl)C(=O)C(C(C)(C)C)=CC1=O. The van der Waals surface area contributed by atoms with Crippen LogP contribution in [0.5, 0.6) is 0 Å². The van der Waals surface area contributed by atoms with Crippen molar-refractivity contribution < 1.29 is 9.59 Å². The largest absolute Gasteiger partial charge is 0.290 e. The summed E-state index contributed by atoms with van der Waals surface area (Å²) in [6.07, 6.45) is 1.92. The van der Waals surface area contributed by atoms with Crippen LogP contribution in [-0.4, -0.2) is 11.6 Å². The summed E-state index contributed by atoms with van der Waals surface area (Å²) in [7, 11) is 0. The van der Waals surface area contributed by atoms with Crippen LogP contribution in [0, 0.1) is 5.41 Å². The van der Waals surface area contributed by atoms with E-state index in [1.165, 1.54) is 6.08 Å². The van der Waals surface area contributed by atoms with Gasteiger partial charge in [0.05, 0.1) is 5.03 Å². The van der Waals surface area contributed by atoms with E-state index in [0.29, 0.717) is 17.6 Å². The third kappa shape index (κ3) is 2.20. The Hall–Kier alpha value is -0.890. The molecule has 15 heavy (non-hydrogen) atoms. The summed E-state index contributed by atoms with van der Waals surface area (Å²) in [6, 6.07) is 0. The van der Waals surface area contributed by atoms with Gasteiger partial charge in [-0.2, -0.15) is 0 Å². The monoisotopic (exact) mass is 226 g/mol. The van der Waals surface area contributed by atoms with E-state index in [0.717, 1.165) is 0 Å². The molecule has 0 bridgehead atoms. The molecule has 1 aliphatic rings. The summed E-state index contributed by atoms with van der Waals surface area (Å²) in [5, 5.41) is 0.0925. The molecule has 0 aromatic rings. The molecule has 0 fully saturated rings. The lowest BCUT2D eigenvalue weighted by molar-refractivity contribution is -0.116. The fraction of sp³-hybridized carbons (Fsp3) is 0.500. The van der Waals surface area contributed by atoms with Crippen LogP contribution in [0.15, 0.2) is 22.3 Å². The number of carbonyl (C=O) groups is 2. The first kappa shape index (κ1) is 12.2. The molecule has 0 saturated heterocycles. The Bertz CT molecular complexity index is 381. The van der Waals surface area contributed by atoms with E-state index in [1.807, 2.05) is 27.7 Å². The van der Waals surface area contributed by atoms with Gasteiger partial charge in [0.15, 0.2) is 5.78 Å². The van der Waals surface area contributed by atoms with Crippen molar-refractivity contribution in [3.63, 3.8) is 0 Å². The first-order chi connectivity index (χ1) is 6.79. The van der Waals surface area contributed by atoms with Crippen molar-refractivity contribution in [3.05, 3.63) is 22.3 Å². The Labute approximate surface area is 95.0 Å². The Morgan fingerprint density at radius 3 is 2.20 bits per heavy atom. The van der Waals surface area contributed by atoms with Gasteiger partial charge < -0.3 is 0 Å². The molecule has 0 unspecified atom stereocenters. The Balaban J connectivity index is 3.23. The maximum atomic E-state index is 11.9. The molecule has 1 aliphatic carbocycles. The number of halogens is 1. The van der Waals surface area contributed by atoms with Crippen molar-refractivity contribution in [1.82, 2.24) is 0 Å². The summed E-state index contributed by atoms with van der Waals surface area (Å²) < 4.78 is 0. The fourth-order valence-electron chi connectivity index (χ4n) is 1.53. The molecule has 0 aromatic heterocycles. The first-order valence-corrected chi connectivity index (χ1v) is 5.36. The standard InChI is InChI=1S/C12H15ClO2/c1-5-7-9(14)6-8(12(2,3)4)11(15)10(7)13/h6H,5H2,1-4H3. The number of carbonyl (C=O) groups excluding carboxylic acids is 2. The maximum absolute atomic E-state index is 11.9. The van der Waals surface area contributed by atoms with Crippen molar-refractivity contribution >= 4 is 23.2 Å². The smallest absolute Gasteiger partial charge is 0.201 e. The predicted molar refractivity (Wildman–Crippen MR) is 60.7 cm³/mol. The lowest BCUT2D eigenvalue weighted by Gasteiger charge is -2.24. The Morgan fingerprint density at radius 1 is 1.27 bits per heavy atom. The molecule has 1 rings (SSSR count). The zero-order valence-corrected chi connectivity index (χ0v) is 10.2. The Kier molecular flexibility index (Phi) is 3.19. The van der Waals surface area contributed by atoms with Crippen molar-refractivity contribution in [2.75, 3.05) is 0 Å². The van der Waals surface area contributed by atoms with Gasteiger partial charge in [0, 0.05) is 11.1 Å². The van der Waals surface area contributed by atoms with Gasteiger partial charge in [-0.15, -0.1) is 0 Å². The maximum Gasteiger partial charge on any atom is 0.201 e. The van der Waals surface area contributed by atoms with E-state index in [1.54, 1.807) is 0 Å². The molecular formula is C12H15ClO2. The first-order valence-electron chi connectivity index (χ1n) is 4.99. The van der Waals surface area contributed by atoms with Crippen LogP contribution in [0.4, 0.5) is 0 Å². The van der Waals surface area contributed by atoms with Gasteiger partial charge >= 0.3 is 0 Å². The van der Waals surface area contributed by atoms with E-state index in [4.69, 9.17) is 11.6 Å². The summed E-state index contributed by atoms with van der Waals surface area (Å²) >= 11 is 5.90. The predicted octanol–water partition coefficient (Wildman–Crippen LogP) is 3.01. The molecule has 0 radical (unpaired) electrons. The number of rotatable bonds is 1. The number of allylic oxidation sites excluding steroid dienone is 4. The minimum atomic E-state index is -0.341. The molecule has 0 N–H and O–H groups in total. The van der Waals surface area contributed by atoms with Crippen LogP contribution in [-0.2, 0) is 9.59 Å². The zero-order valence-electron chi connectivity index (χ0n) is 9.48. The third-order valence-corrected chi connectivity index (χ3v) is 2.84. The van der Waals surface area contributed by atoms with Gasteiger partial charge in [-0.1, -0.05) is 39.3 Å². The van der Waals surface area contributed by atoms with E-state index in [9.17, 15) is 9.59 Å². The Morgan fingerprint density at radius 2 is 1.80 bits per heavy atom. The molecule has 0 saturated carbocycles. The number of hydrogen-bond acceptors (Lipinski definition) is 2. The van der Waals surface area contributed by atoms with Crippen LogP contribution < -0.4 is 0 Å². The average Bonchev–Trinajstić information content (AvgIpc) is 2.10. The van der Waals surface area contributed by atoms with E-state index in [-0.39, 0.29) is 22.0 Å². The van der Waals surface area contributed by atoms with E-state index in [2.05, 4.69) is 0 Å². The molecule has 82 valence electrons. The second-order valence-corrected chi connectivity index (χ2v) is 5.03. The molecule has 0 aliphatic heterocycles. The van der Waals surface area contributed by atoms with Gasteiger partial charge in [0.1, 0.15) is 0 Å². The minimum absolute atomic E-state index is 0.0925. The minimum Gasteiger partial charge on any atom is -0.290 e. The quantitative estimate of drug-likeness (QED) is 0.644. The highest BCUT2D eigenvalue weighted by Gasteiger charge is 2.32. The second-order valence-electron chi connectivity index (χ2n) is 4.65. The van der Waals surface area contributed by atoms with Crippen LogP contribution in [0.1, 0.15) is 34.1 Å². The topological polar surface area (TPSA) is 34.1 Å². The van der Waals surface area contributed by atoms with Gasteiger partial charge in [-0.25, -0.2) is 0 Å². The van der Waals surface area contributed by atoms with Crippen molar-refractivity contribution in [2.45, 2.75) is 34.1 Å². The summed E-state index contributed by atoms with van der Waals surface area (Å²) in [4.78, 5) is 23.5. The molecule has 0 heterocycles. The summed E-state index contributed by atoms with van der Waals surface area (Å²) in [5.41, 5.74) is 0.580. The zero-order chi connectivity index (χ0) is 11.8. The van der Waals surface area contributed by atoms with Gasteiger partial charge in [-0.05, 0) is 17.9 Å². The van der Waals surface area contributed by atoms with Crippen molar-refractivity contribution in [3.8, 4) is 0 Å². The normalized spacial score (nSPS) is 18.3. The number of hydrogen-bond donors (Lipinski definition) is 0. The van der Waals surface area contributed by atoms with Gasteiger partial charge in [0.2, 0.25) is 5.78 Å². The number of Topliss-reactive ketones (excluding diaryl/α,β-unsaturated/α-hetero) is 1. The third-order valence-electron chi connectivity index (χ3n) is 2.44. The molecule has 0 spiro atoms.